The lowest BCUT2D eigenvalue weighted by molar-refractivity contribution is 0.426. The number of thiophene rings is 1. The smallest absolute Gasteiger partial charge is 0.491 e. The third kappa shape index (κ3) is 1.33. The Bertz CT molecular complexity index is 483. The molecular formula is C8H8BNO3S. The van der Waals surface area contributed by atoms with Gasteiger partial charge in [0.1, 0.15) is 0 Å². The fourth-order valence-electron chi connectivity index (χ4n) is 1.42. The van der Waals surface area contributed by atoms with Crippen molar-refractivity contribution < 1.29 is 15.2 Å². The van der Waals surface area contributed by atoms with Crippen LogP contribution in [0.25, 0.3) is 10.1 Å². The van der Waals surface area contributed by atoms with Crippen LogP contribution in [0.3, 0.4) is 0 Å². The van der Waals surface area contributed by atoms with Crippen molar-refractivity contribution in [3.8, 4) is 5.06 Å². The zero-order valence-corrected chi connectivity index (χ0v) is 7.95. The third-order valence-corrected chi connectivity index (χ3v) is 2.92. The molecule has 0 fully saturated rings. The van der Waals surface area contributed by atoms with Gasteiger partial charge in [0.25, 0.3) is 0 Å². The fourth-order valence-corrected chi connectivity index (χ4v) is 2.24. The second-order valence-corrected chi connectivity index (χ2v) is 4.00. The van der Waals surface area contributed by atoms with E-state index in [2.05, 4.69) is 0 Å². The van der Waals surface area contributed by atoms with Crippen LogP contribution in [0.2, 0.25) is 0 Å². The number of benzene rings is 1. The summed E-state index contributed by atoms with van der Waals surface area (Å²) in [6.45, 7) is 0. The van der Waals surface area contributed by atoms with E-state index in [9.17, 15) is 5.11 Å². The van der Waals surface area contributed by atoms with E-state index in [0.29, 0.717) is 11.1 Å². The van der Waals surface area contributed by atoms with Crippen LogP contribution in [0.4, 0.5) is 5.69 Å². The minimum Gasteiger partial charge on any atom is -0.499 e. The Balaban J connectivity index is 2.82. The lowest BCUT2D eigenvalue weighted by Gasteiger charge is -2.04. The van der Waals surface area contributed by atoms with Gasteiger partial charge in [-0.15, -0.1) is 0 Å². The lowest BCUT2D eigenvalue weighted by atomic mass is 9.77. The predicted molar refractivity (Wildman–Crippen MR) is 57.7 cm³/mol. The van der Waals surface area contributed by atoms with Crippen molar-refractivity contribution >= 4 is 39.7 Å². The number of hydrogen-bond acceptors (Lipinski definition) is 5. The van der Waals surface area contributed by atoms with Crippen LogP contribution in [0.15, 0.2) is 18.2 Å². The van der Waals surface area contributed by atoms with Gasteiger partial charge in [-0.05, 0) is 23.6 Å². The van der Waals surface area contributed by atoms with E-state index in [1.54, 1.807) is 12.1 Å². The van der Waals surface area contributed by atoms with Crippen molar-refractivity contribution in [2.45, 2.75) is 0 Å². The molecule has 0 amide bonds. The van der Waals surface area contributed by atoms with E-state index in [-0.39, 0.29) is 10.5 Å². The molecule has 72 valence electrons. The number of nitrogens with two attached hydrogens (primary N) is 1. The Morgan fingerprint density at radius 2 is 2.00 bits per heavy atom. The molecule has 0 aliphatic carbocycles. The molecule has 1 aromatic carbocycles. The molecule has 0 radical (unpaired) electrons. The van der Waals surface area contributed by atoms with Crippen molar-refractivity contribution in [2.75, 3.05) is 5.73 Å². The highest BCUT2D eigenvalue weighted by Gasteiger charge is 2.19. The molecule has 1 heterocycles. The highest BCUT2D eigenvalue weighted by molar-refractivity contribution is 7.20. The first kappa shape index (κ1) is 9.33. The summed E-state index contributed by atoms with van der Waals surface area (Å²) >= 11 is 1.17. The van der Waals surface area contributed by atoms with Crippen molar-refractivity contribution in [2.24, 2.45) is 0 Å². The molecule has 0 aliphatic rings. The van der Waals surface area contributed by atoms with E-state index in [1.165, 1.54) is 17.4 Å². The SMILES string of the molecule is Nc1ccc2sc(O)cc2c1B(O)O. The molecule has 0 spiro atoms. The van der Waals surface area contributed by atoms with E-state index >= 15 is 0 Å². The Hall–Kier alpha value is -1.24. The molecular weight excluding hydrogens is 201 g/mol. The normalized spacial score (nSPS) is 10.7. The molecule has 0 saturated heterocycles. The van der Waals surface area contributed by atoms with Crippen LogP contribution in [-0.4, -0.2) is 22.3 Å². The van der Waals surface area contributed by atoms with Gasteiger partial charge in [0, 0.05) is 15.9 Å². The number of rotatable bonds is 1. The van der Waals surface area contributed by atoms with Gasteiger partial charge in [-0.3, -0.25) is 0 Å². The van der Waals surface area contributed by atoms with Gasteiger partial charge in [-0.1, -0.05) is 11.3 Å². The molecule has 0 saturated carbocycles. The topological polar surface area (TPSA) is 86.7 Å². The summed E-state index contributed by atoms with van der Waals surface area (Å²) in [7, 11) is -1.62. The molecule has 6 heteroatoms. The van der Waals surface area contributed by atoms with E-state index < -0.39 is 7.12 Å². The number of fused-ring (bicyclic) bond motifs is 1. The maximum Gasteiger partial charge on any atom is 0.491 e. The van der Waals surface area contributed by atoms with Crippen LogP contribution in [0, 0.1) is 0 Å². The maximum atomic E-state index is 9.27. The summed E-state index contributed by atoms with van der Waals surface area (Å²) in [6, 6.07) is 4.80. The monoisotopic (exact) mass is 209 g/mol. The van der Waals surface area contributed by atoms with Gasteiger partial charge in [0.2, 0.25) is 0 Å². The van der Waals surface area contributed by atoms with Crippen LogP contribution in [0.5, 0.6) is 5.06 Å². The van der Waals surface area contributed by atoms with Crippen molar-refractivity contribution in [1.29, 1.82) is 0 Å². The number of nitrogen functional groups attached to an aromatic ring is 1. The Labute approximate surface area is 84.4 Å². The second kappa shape index (κ2) is 3.16. The minimum absolute atomic E-state index is 0.132. The molecule has 0 atom stereocenters. The highest BCUT2D eigenvalue weighted by atomic mass is 32.1. The largest absolute Gasteiger partial charge is 0.499 e. The molecule has 5 N–H and O–H groups in total. The summed E-state index contributed by atoms with van der Waals surface area (Å²) in [5.41, 5.74) is 6.16. The maximum absolute atomic E-state index is 9.27. The molecule has 2 aromatic rings. The van der Waals surface area contributed by atoms with Gasteiger partial charge >= 0.3 is 7.12 Å². The van der Waals surface area contributed by atoms with Crippen LogP contribution < -0.4 is 11.2 Å². The molecule has 14 heavy (non-hydrogen) atoms. The molecule has 4 nitrogen and oxygen atoms in total. The van der Waals surface area contributed by atoms with Gasteiger partial charge in [-0.25, -0.2) is 0 Å². The quantitative estimate of drug-likeness (QED) is 0.389. The second-order valence-electron chi connectivity index (χ2n) is 2.94. The van der Waals surface area contributed by atoms with E-state index in [4.69, 9.17) is 15.8 Å². The summed E-state index contributed by atoms with van der Waals surface area (Å²) < 4.78 is 0.778. The third-order valence-electron chi connectivity index (χ3n) is 2.02. The summed E-state index contributed by atoms with van der Waals surface area (Å²) in [5, 5.41) is 28.2. The highest BCUT2D eigenvalue weighted by Crippen LogP contribution is 2.30. The minimum atomic E-state index is -1.62. The van der Waals surface area contributed by atoms with Gasteiger partial charge in [0.05, 0.1) is 0 Å². The average Bonchev–Trinajstić information content (AvgIpc) is 2.43. The first-order chi connectivity index (χ1) is 6.59. The summed E-state index contributed by atoms with van der Waals surface area (Å²) in [5.74, 6) is 0. The van der Waals surface area contributed by atoms with Gasteiger partial charge in [0.15, 0.2) is 5.06 Å². The Morgan fingerprint density at radius 1 is 1.29 bits per heavy atom. The summed E-state index contributed by atoms with van der Waals surface area (Å²) in [6.07, 6.45) is 0. The van der Waals surface area contributed by atoms with Crippen molar-refractivity contribution in [3.63, 3.8) is 0 Å². The van der Waals surface area contributed by atoms with Crippen LogP contribution in [0.1, 0.15) is 0 Å². The zero-order chi connectivity index (χ0) is 10.3. The molecule has 0 bridgehead atoms. The standard InChI is InChI=1S/C8H8BNO3S/c10-5-1-2-6-4(3-7(11)14-6)8(5)9(12)13/h1-3,11-13H,10H2. The first-order valence-corrected chi connectivity index (χ1v) is 4.78. The number of hydrogen-bond donors (Lipinski definition) is 4. The Morgan fingerprint density at radius 3 is 2.64 bits per heavy atom. The predicted octanol–water partition coefficient (Wildman–Crippen LogP) is -0.131. The first-order valence-electron chi connectivity index (χ1n) is 3.96. The Kier molecular flexibility index (Phi) is 2.11. The molecule has 1 aromatic heterocycles. The van der Waals surface area contributed by atoms with E-state index in [0.717, 1.165) is 4.70 Å². The van der Waals surface area contributed by atoms with Gasteiger partial charge < -0.3 is 20.9 Å². The average molecular weight is 209 g/mol. The molecule has 0 unspecified atom stereocenters. The van der Waals surface area contributed by atoms with Crippen LogP contribution >= 0.6 is 11.3 Å². The van der Waals surface area contributed by atoms with E-state index in [1.807, 2.05) is 0 Å². The van der Waals surface area contributed by atoms with Crippen molar-refractivity contribution in [1.82, 2.24) is 0 Å². The zero-order valence-electron chi connectivity index (χ0n) is 7.14. The number of anilines is 1. The lowest BCUT2D eigenvalue weighted by Crippen LogP contribution is -2.32. The van der Waals surface area contributed by atoms with Crippen molar-refractivity contribution in [3.05, 3.63) is 18.2 Å². The van der Waals surface area contributed by atoms with Gasteiger partial charge in [-0.2, -0.15) is 0 Å². The summed E-state index contributed by atoms with van der Waals surface area (Å²) in [4.78, 5) is 0. The van der Waals surface area contributed by atoms with Crippen LogP contribution in [-0.2, 0) is 0 Å². The molecule has 2 rings (SSSR count). The number of aromatic hydroxyl groups is 1. The fraction of sp³-hybridized carbons (Fsp3) is 0. The molecule has 0 aliphatic heterocycles.